The highest BCUT2D eigenvalue weighted by molar-refractivity contribution is 6.30. The molecule has 128 valence electrons. The summed E-state index contributed by atoms with van der Waals surface area (Å²) in [4.78, 5) is 20.5. The van der Waals surface area contributed by atoms with Crippen molar-refractivity contribution >= 4 is 28.4 Å². The van der Waals surface area contributed by atoms with E-state index in [1.54, 1.807) is 10.9 Å². The smallest absolute Gasteiger partial charge is 0.229 e. The molecule has 0 saturated carbocycles. The van der Waals surface area contributed by atoms with Gasteiger partial charge in [0.2, 0.25) is 5.95 Å². The molecule has 2 heterocycles. The average Bonchev–Trinajstić information content (AvgIpc) is 3.26. The van der Waals surface area contributed by atoms with Gasteiger partial charge in [0.05, 0.1) is 28.5 Å². The van der Waals surface area contributed by atoms with Gasteiger partial charge in [0.1, 0.15) is 0 Å². The molecule has 0 radical (unpaired) electrons. The number of benzene rings is 2. The molecule has 0 fully saturated rings. The van der Waals surface area contributed by atoms with Gasteiger partial charge in [-0.05, 0) is 42.2 Å². The van der Waals surface area contributed by atoms with E-state index in [4.69, 9.17) is 11.6 Å². The van der Waals surface area contributed by atoms with E-state index in [0.717, 1.165) is 28.7 Å². The summed E-state index contributed by atoms with van der Waals surface area (Å²) >= 11 is 5.99. The van der Waals surface area contributed by atoms with Crippen LogP contribution >= 0.6 is 11.6 Å². The van der Waals surface area contributed by atoms with E-state index < -0.39 is 0 Å². The molecule has 0 amide bonds. The number of rotatable bonds is 2. The fourth-order valence-electron chi connectivity index (χ4n) is 3.64. The Kier molecular flexibility index (Phi) is 3.43. The standard InChI is InChI=1S/C20H15ClN4O/c21-14-7-5-12(6-8-14)13-9-18-15(19(26)10-13)11-22-25(18)20-23-16-3-1-2-4-17(16)24-20/h1-8,11,13H,9-10H2,(H,23,24)/t13-/m0/s1. The molecule has 5 rings (SSSR count). The van der Waals surface area contributed by atoms with Crippen LogP contribution < -0.4 is 0 Å². The molecule has 0 saturated heterocycles. The van der Waals surface area contributed by atoms with Crippen LogP contribution in [0.1, 0.15) is 34.0 Å². The number of aromatic amines is 1. The Labute approximate surface area is 154 Å². The second kappa shape index (κ2) is 5.81. The van der Waals surface area contributed by atoms with Crippen LogP contribution in [0, 0.1) is 0 Å². The normalized spacial score (nSPS) is 16.8. The minimum absolute atomic E-state index is 0.118. The topological polar surface area (TPSA) is 63.6 Å². The SMILES string of the molecule is O=C1C[C@@H](c2ccc(Cl)cc2)Cc2c1cnn2-c1nc2ccccc2[nH]1. The van der Waals surface area contributed by atoms with Gasteiger partial charge in [-0.25, -0.2) is 9.67 Å². The molecular weight excluding hydrogens is 348 g/mol. The summed E-state index contributed by atoms with van der Waals surface area (Å²) in [7, 11) is 0. The number of nitrogens with zero attached hydrogens (tertiary/aromatic N) is 3. The van der Waals surface area contributed by atoms with Gasteiger partial charge in [0.15, 0.2) is 5.78 Å². The van der Waals surface area contributed by atoms with Crippen molar-refractivity contribution in [3.05, 3.63) is 76.6 Å². The largest absolute Gasteiger partial charge is 0.322 e. The fraction of sp³-hybridized carbons (Fsp3) is 0.150. The summed E-state index contributed by atoms with van der Waals surface area (Å²) in [6.45, 7) is 0. The second-order valence-corrected chi connectivity index (χ2v) is 7.01. The predicted molar refractivity (Wildman–Crippen MR) is 100 cm³/mol. The van der Waals surface area contributed by atoms with Crippen LogP contribution in [0.3, 0.4) is 0 Å². The van der Waals surface area contributed by atoms with Crippen molar-refractivity contribution < 1.29 is 4.79 Å². The first-order valence-electron chi connectivity index (χ1n) is 8.50. The van der Waals surface area contributed by atoms with Crippen LogP contribution in [0.25, 0.3) is 17.0 Å². The van der Waals surface area contributed by atoms with E-state index in [9.17, 15) is 4.79 Å². The summed E-state index contributed by atoms with van der Waals surface area (Å²) in [5.74, 6) is 0.873. The molecule has 0 aliphatic heterocycles. The number of Topliss-reactive ketones (excluding diaryl/α,β-unsaturated/α-hetero) is 1. The van der Waals surface area contributed by atoms with Gasteiger partial charge in [-0.2, -0.15) is 5.10 Å². The first-order chi connectivity index (χ1) is 12.7. The van der Waals surface area contributed by atoms with E-state index >= 15 is 0 Å². The molecule has 1 N–H and O–H groups in total. The van der Waals surface area contributed by atoms with Crippen molar-refractivity contribution in [3.8, 4) is 5.95 Å². The van der Waals surface area contributed by atoms with Crippen molar-refractivity contribution in [1.29, 1.82) is 0 Å². The van der Waals surface area contributed by atoms with Crippen LogP contribution in [0.5, 0.6) is 0 Å². The zero-order valence-electron chi connectivity index (χ0n) is 13.8. The molecule has 0 bridgehead atoms. The van der Waals surface area contributed by atoms with Crippen LogP contribution in [0.2, 0.25) is 5.02 Å². The average molecular weight is 363 g/mol. The first-order valence-corrected chi connectivity index (χ1v) is 8.87. The third-order valence-corrected chi connectivity index (χ3v) is 5.21. The summed E-state index contributed by atoms with van der Waals surface area (Å²) in [5.41, 5.74) is 4.54. The molecule has 6 heteroatoms. The van der Waals surface area contributed by atoms with Crippen LogP contribution in [0.4, 0.5) is 0 Å². The maximum Gasteiger partial charge on any atom is 0.229 e. The third kappa shape index (κ3) is 2.44. The number of carbonyl (C=O) groups is 1. The van der Waals surface area contributed by atoms with E-state index in [2.05, 4.69) is 15.1 Å². The fourth-order valence-corrected chi connectivity index (χ4v) is 3.76. The Morgan fingerprint density at radius 1 is 1.08 bits per heavy atom. The maximum absolute atomic E-state index is 12.6. The van der Waals surface area contributed by atoms with Gasteiger partial charge in [-0.1, -0.05) is 35.9 Å². The number of fused-ring (bicyclic) bond motifs is 2. The van der Waals surface area contributed by atoms with Gasteiger partial charge in [-0.3, -0.25) is 4.79 Å². The number of hydrogen-bond acceptors (Lipinski definition) is 3. The van der Waals surface area contributed by atoms with E-state index in [1.807, 2.05) is 48.5 Å². The number of imidazole rings is 1. The van der Waals surface area contributed by atoms with E-state index in [1.165, 1.54) is 0 Å². The number of ketones is 1. The minimum Gasteiger partial charge on any atom is -0.322 e. The molecule has 0 spiro atoms. The summed E-state index contributed by atoms with van der Waals surface area (Å²) < 4.78 is 1.76. The number of hydrogen-bond donors (Lipinski definition) is 1. The van der Waals surface area contributed by atoms with Gasteiger partial charge >= 0.3 is 0 Å². The number of carbonyl (C=O) groups excluding carboxylic acids is 1. The lowest BCUT2D eigenvalue weighted by atomic mass is 9.82. The molecule has 0 unspecified atom stereocenters. The Morgan fingerprint density at radius 3 is 2.69 bits per heavy atom. The van der Waals surface area contributed by atoms with E-state index in [0.29, 0.717) is 23.0 Å². The molecular formula is C20H15ClN4O. The molecule has 26 heavy (non-hydrogen) atoms. The van der Waals surface area contributed by atoms with Crippen molar-refractivity contribution in [1.82, 2.24) is 19.7 Å². The number of para-hydroxylation sites is 2. The van der Waals surface area contributed by atoms with Crippen LogP contribution in [-0.2, 0) is 6.42 Å². The predicted octanol–water partition coefficient (Wildman–Crippen LogP) is 4.31. The first kappa shape index (κ1) is 15.3. The van der Waals surface area contributed by atoms with Gasteiger partial charge in [-0.15, -0.1) is 0 Å². The highest BCUT2D eigenvalue weighted by atomic mass is 35.5. The lowest BCUT2D eigenvalue weighted by Crippen LogP contribution is -2.20. The minimum atomic E-state index is 0.118. The van der Waals surface area contributed by atoms with Crippen molar-refractivity contribution in [3.63, 3.8) is 0 Å². The van der Waals surface area contributed by atoms with Crippen LogP contribution in [-0.4, -0.2) is 25.5 Å². The second-order valence-electron chi connectivity index (χ2n) is 6.57. The quantitative estimate of drug-likeness (QED) is 0.577. The van der Waals surface area contributed by atoms with Gasteiger partial charge < -0.3 is 4.98 Å². The Bertz CT molecular complexity index is 1090. The number of halogens is 1. The number of aromatic nitrogens is 4. The summed E-state index contributed by atoms with van der Waals surface area (Å²) in [6, 6.07) is 15.6. The molecule has 5 nitrogen and oxygen atoms in total. The lowest BCUT2D eigenvalue weighted by Gasteiger charge is -2.22. The van der Waals surface area contributed by atoms with E-state index in [-0.39, 0.29) is 11.7 Å². The molecule has 1 aliphatic carbocycles. The lowest BCUT2D eigenvalue weighted by molar-refractivity contribution is 0.0963. The van der Waals surface area contributed by atoms with Gasteiger partial charge in [0, 0.05) is 11.4 Å². The molecule has 1 atom stereocenters. The Hall–Kier alpha value is -2.92. The molecule has 2 aromatic carbocycles. The summed E-state index contributed by atoms with van der Waals surface area (Å²) in [6.07, 6.45) is 2.88. The molecule has 1 aliphatic rings. The molecule has 4 aromatic rings. The molecule has 2 aromatic heterocycles. The highest BCUT2D eigenvalue weighted by Gasteiger charge is 2.30. The van der Waals surface area contributed by atoms with Crippen LogP contribution in [0.15, 0.2) is 54.7 Å². The third-order valence-electron chi connectivity index (χ3n) is 4.96. The number of H-pyrrole nitrogens is 1. The Balaban J connectivity index is 1.57. The summed E-state index contributed by atoms with van der Waals surface area (Å²) in [5, 5.41) is 5.13. The highest BCUT2D eigenvalue weighted by Crippen LogP contribution is 2.34. The number of nitrogens with one attached hydrogen (secondary N) is 1. The monoisotopic (exact) mass is 362 g/mol. The van der Waals surface area contributed by atoms with Gasteiger partial charge in [0.25, 0.3) is 0 Å². The maximum atomic E-state index is 12.6. The Morgan fingerprint density at radius 2 is 1.88 bits per heavy atom. The van der Waals surface area contributed by atoms with Crippen molar-refractivity contribution in [2.45, 2.75) is 18.8 Å². The zero-order chi connectivity index (χ0) is 17.7. The van der Waals surface area contributed by atoms with Crippen molar-refractivity contribution in [2.24, 2.45) is 0 Å². The zero-order valence-corrected chi connectivity index (χ0v) is 14.6. The van der Waals surface area contributed by atoms with Crippen molar-refractivity contribution in [2.75, 3.05) is 0 Å².